The van der Waals surface area contributed by atoms with E-state index < -0.39 is 6.10 Å². The van der Waals surface area contributed by atoms with Crippen molar-refractivity contribution < 1.29 is 9.84 Å². The topological polar surface area (TPSA) is 42.4 Å². The van der Waals surface area contributed by atoms with Crippen molar-refractivity contribution in [1.82, 2.24) is 4.98 Å². The fraction of sp³-hybridized carbons (Fsp3) is 0.312. The van der Waals surface area contributed by atoms with E-state index in [1.807, 2.05) is 50.2 Å². The van der Waals surface area contributed by atoms with E-state index in [9.17, 15) is 5.11 Å². The Morgan fingerprint density at radius 2 is 2.00 bits per heavy atom. The third kappa shape index (κ3) is 3.32. The summed E-state index contributed by atoms with van der Waals surface area (Å²) in [6.45, 7) is 3.95. The molecule has 1 aromatic carbocycles. The third-order valence-electron chi connectivity index (χ3n) is 3.10. The van der Waals surface area contributed by atoms with Gasteiger partial charge in [-0.05, 0) is 37.6 Å². The van der Waals surface area contributed by atoms with Gasteiger partial charge in [-0.25, -0.2) is 0 Å². The summed E-state index contributed by atoms with van der Waals surface area (Å²) in [6, 6.07) is 11.6. The molecule has 0 radical (unpaired) electrons. The average molecular weight is 257 g/mol. The molecule has 1 aromatic heterocycles. The zero-order chi connectivity index (χ0) is 13.8. The van der Waals surface area contributed by atoms with E-state index in [4.69, 9.17) is 4.74 Å². The Kier molecular flexibility index (Phi) is 4.17. The lowest BCUT2D eigenvalue weighted by molar-refractivity contribution is 0.172. The van der Waals surface area contributed by atoms with Gasteiger partial charge in [-0.3, -0.25) is 4.98 Å². The van der Waals surface area contributed by atoms with E-state index in [-0.39, 0.29) is 0 Å². The van der Waals surface area contributed by atoms with E-state index in [2.05, 4.69) is 4.98 Å². The second kappa shape index (κ2) is 5.85. The van der Waals surface area contributed by atoms with Gasteiger partial charge in [0.05, 0.1) is 12.8 Å². The highest BCUT2D eigenvalue weighted by Crippen LogP contribution is 2.25. The van der Waals surface area contributed by atoms with Crippen LogP contribution in [0.4, 0.5) is 0 Å². The maximum Gasteiger partial charge on any atom is 0.122 e. The molecule has 0 saturated heterocycles. The van der Waals surface area contributed by atoms with Crippen LogP contribution >= 0.6 is 0 Å². The molecule has 100 valence electrons. The van der Waals surface area contributed by atoms with Crippen molar-refractivity contribution in [1.29, 1.82) is 0 Å². The quantitative estimate of drug-likeness (QED) is 0.915. The number of nitrogens with zero attached hydrogens (tertiary/aromatic N) is 1. The summed E-state index contributed by atoms with van der Waals surface area (Å²) in [6.07, 6.45) is -0.114. The lowest BCUT2D eigenvalue weighted by Crippen LogP contribution is -2.06. The van der Waals surface area contributed by atoms with Gasteiger partial charge in [0.15, 0.2) is 0 Å². The molecular weight excluding hydrogens is 238 g/mol. The molecule has 0 amide bonds. The first-order chi connectivity index (χ1) is 9.10. The van der Waals surface area contributed by atoms with Crippen molar-refractivity contribution in [2.75, 3.05) is 7.11 Å². The molecule has 0 saturated carbocycles. The van der Waals surface area contributed by atoms with Gasteiger partial charge in [0, 0.05) is 12.1 Å². The summed E-state index contributed by atoms with van der Waals surface area (Å²) >= 11 is 0. The molecule has 2 rings (SSSR count). The summed E-state index contributed by atoms with van der Waals surface area (Å²) in [5.74, 6) is 0.803. The third-order valence-corrected chi connectivity index (χ3v) is 3.10. The van der Waals surface area contributed by atoms with Crippen LogP contribution in [0.5, 0.6) is 5.75 Å². The Balaban J connectivity index is 2.23. The summed E-state index contributed by atoms with van der Waals surface area (Å²) in [7, 11) is 1.64. The van der Waals surface area contributed by atoms with Gasteiger partial charge >= 0.3 is 0 Å². The largest absolute Gasteiger partial charge is 0.496 e. The van der Waals surface area contributed by atoms with E-state index in [0.29, 0.717) is 12.1 Å². The van der Waals surface area contributed by atoms with Crippen molar-refractivity contribution in [2.45, 2.75) is 26.4 Å². The Morgan fingerprint density at radius 3 is 2.68 bits per heavy atom. The molecule has 1 heterocycles. The Hall–Kier alpha value is -1.87. The minimum Gasteiger partial charge on any atom is -0.496 e. The van der Waals surface area contributed by atoms with Crippen molar-refractivity contribution in [3.8, 4) is 5.75 Å². The molecule has 3 nitrogen and oxygen atoms in total. The number of hydrogen-bond acceptors (Lipinski definition) is 3. The zero-order valence-corrected chi connectivity index (χ0v) is 11.6. The number of aliphatic hydroxyl groups excluding tert-OH is 1. The van der Waals surface area contributed by atoms with Gasteiger partial charge in [0.25, 0.3) is 0 Å². The van der Waals surface area contributed by atoms with E-state index in [1.54, 1.807) is 7.11 Å². The SMILES string of the molecule is COc1ccc(C)cc1CC(O)c1cccc(C)n1. The lowest BCUT2D eigenvalue weighted by atomic mass is 10.0. The number of hydrogen-bond donors (Lipinski definition) is 1. The average Bonchev–Trinajstić information content (AvgIpc) is 2.39. The van der Waals surface area contributed by atoms with Crippen molar-refractivity contribution in [3.05, 3.63) is 58.9 Å². The highest BCUT2D eigenvalue weighted by Gasteiger charge is 2.13. The maximum absolute atomic E-state index is 10.3. The van der Waals surface area contributed by atoms with E-state index in [0.717, 1.165) is 22.6 Å². The van der Waals surface area contributed by atoms with Gasteiger partial charge in [-0.1, -0.05) is 23.8 Å². The summed E-state index contributed by atoms with van der Waals surface area (Å²) < 4.78 is 5.33. The first kappa shape index (κ1) is 13.6. The molecule has 0 spiro atoms. The van der Waals surface area contributed by atoms with Crippen LogP contribution < -0.4 is 4.74 Å². The molecule has 2 aromatic rings. The number of aryl methyl sites for hydroxylation is 2. The number of methoxy groups -OCH3 is 1. The summed E-state index contributed by atoms with van der Waals surface area (Å²) in [5, 5.41) is 10.3. The predicted octanol–water partition coefficient (Wildman–Crippen LogP) is 2.98. The number of ether oxygens (including phenoxy) is 1. The number of aromatic nitrogens is 1. The predicted molar refractivity (Wildman–Crippen MR) is 75.4 cm³/mol. The van der Waals surface area contributed by atoms with Crippen LogP contribution in [0.1, 0.15) is 28.6 Å². The van der Waals surface area contributed by atoms with Crippen LogP contribution in [0.2, 0.25) is 0 Å². The molecule has 0 aliphatic heterocycles. The molecule has 0 aliphatic rings. The Labute approximate surface area is 113 Å². The monoisotopic (exact) mass is 257 g/mol. The molecule has 19 heavy (non-hydrogen) atoms. The number of pyridine rings is 1. The summed E-state index contributed by atoms with van der Waals surface area (Å²) in [4.78, 5) is 4.36. The molecular formula is C16H19NO2. The van der Waals surface area contributed by atoms with Gasteiger partial charge in [-0.2, -0.15) is 0 Å². The maximum atomic E-state index is 10.3. The van der Waals surface area contributed by atoms with Gasteiger partial charge in [-0.15, -0.1) is 0 Å². The number of benzene rings is 1. The number of rotatable bonds is 4. The fourth-order valence-corrected chi connectivity index (χ4v) is 2.13. The Bertz CT molecular complexity index is 566. The van der Waals surface area contributed by atoms with Crippen LogP contribution in [0.3, 0.4) is 0 Å². The molecule has 3 heteroatoms. The molecule has 0 aliphatic carbocycles. The smallest absolute Gasteiger partial charge is 0.122 e. The van der Waals surface area contributed by atoms with Gasteiger partial charge in [0.2, 0.25) is 0 Å². The molecule has 1 N–H and O–H groups in total. The van der Waals surface area contributed by atoms with Crippen LogP contribution in [-0.2, 0) is 6.42 Å². The fourth-order valence-electron chi connectivity index (χ4n) is 2.13. The molecule has 1 atom stereocenters. The Morgan fingerprint density at radius 1 is 1.21 bits per heavy atom. The van der Waals surface area contributed by atoms with E-state index in [1.165, 1.54) is 0 Å². The molecule has 0 fully saturated rings. The van der Waals surface area contributed by atoms with Crippen molar-refractivity contribution in [3.63, 3.8) is 0 Å². The van der Waals surface area contributed by atoms with Crippen LogP contribution in [0.25, 0.3) is 0 Å². The normalized spacial score (nSPS) is 12.2. The van der Waals surface area contributed by atoms with Gasteiger partial charge in [0.1, 0.15) is 11.9 Å². The van der Waals surface area contributed by atoms with Crippen LogP contribution in [0, 0.1) is 13.8 Å². The zero-order valence-electron chi connectivity index (χ0n) is 11.6. The minimum absolute atomic E-state index is 0.501. The highest BCUT2D eigenvalue weighted by atomic mass is 16.5. The second-order valence-electron chi connectivity index (χ2n) is 4.74. The molecule has 1 unspecified atom stereocenters. The van der Waals surface area contributed by atoms with Crippen LogP contribution in [-0.4, -0.2) is 17.2 Å². The lowest BCUT2D eigenvalue weighted by Gasteiger charge is -2.14. The van der Waals surface area contributed by atoms with Crippen LogP contribution in [0.15, 0.2) is 36.4 Å². The second-order valence-corrected chi connectivity index (χ2v) is 4.74. The highest BCUT2D eigenvalue weighted by molar-refractivity contribution is 5.37. The van der Waals surface area contributed by atoms with Crippen molar-refractivity contribution in [2.24, 2.45) is 0 Å². The summed E-state index contributed by atoms with van der Waals surface area (Å²) in [5.41, 5.74) is 3.76. The number of aliphatic hydroxyl groups is 1. The van der Waals surface area contributed by atoms with Gasteiger partial charge < -0.3 is 9.84 Å². The standard InChI is InChI=1S/C16H19NO2/c1-11-7-8-16(19-3)13(9-11)10-15(18)14-6-4-5-12(2)17-14/h4-9,15,18H,10H2,1-3H3. The first-order valence-corrected chi connectivity index (χ1v) is 6.35. The van der Waals surface area contributed by atoms with E-state index >= 15 is 0 Å². The van der Waals surface area contributed by atoms with Crippen molar-refractivity contribution >= 4 is 0 Å². The molecule has 0 bridgehead atoms. The first-order valence-electron chi connectivity index (χ1n) is 6.35. The minimum atomic E-state index is -0.615.